The fourth-order valence-corrected chi connectivity index (χ4v) is 2.80. The Morgan fingerprint density at radius 1 is 1.37 bits per heavy atom. The smallest absolute Gasteiger partial charge is 0.125 e. The number of ether oxygens (including phenoxy) is 1. The molecule has 2 N–H and O–H groups in total. The summed E-state index contributed by atoms with van der Waals surface area (Å²) in [5.41, 5.74) is 7.01. The van der Waals surface area contributed by atoms with Gasteiger partial charge in [-0.2, -0.15) is 0 Å². The second-order valence-corrected chi connectivity index (χ2v) is 5.10. The Labute approximate surface area is 121 Å². The van der Waals surface area contributed by atoms with E-state index in [1.165, 1.54) is 0 Å². The molecule has 1 aromatic rings. The first-order chi connectivity index (χ1) is 9.10. The standard InChI is InChI=1S/C15H25ClN2O/c1-5-11(3)18(6-2)13(10-17)15-12(16)8-7-9-14(15)19-4/h7-9,11,13H,5-6,10,17H2,1-4H3. The molecule has 0 aliphatic rings. The predicted molar refractivity (Wildman–Crippen MR) is 81.9 cm³/mol. The Bertz CT molecular complexity index is 398. The fourth-order valence-electron chi connectivity index (χ4n) is 2.51. The maximum absolute atomic E-state index is 6.37. The molecule has 0 amide bonds. The quantitative estimate of drug-likeness (QED) is 0.833. The molecule has 0 radical (unpaired) electrons. The zero-order valence-corrected chi connectivity index (χ0v) is 13.1. The van der Waals surface area contributed by atoms with Crippen LogP contribution in [0.25, 0.3) is 0 Å². The van der Waals surface area contributed by atoms with Crippen LogP contribution >= 0.6 is 11.6 Å². The van der Waals surface area contributed by atoms with E-state index in [2.05, 4.69) is 25.7 Å². The Morgan fingerprint density at radius 2 is 2.05 bits per heavy atom. The molecule has 0 saturated heterocycles. The zero-order chi connectivity index (χ0) is 14.4. The monoisotopic (exact) mass is 284 g/mol. The van der Waals surface area contributed by atoms with Crippen LogP contribution in [0, 0.1) is 0 Å². The first-order valence-electron chi connectivity index (χ1n) is 6.88. The van der Waals surface area contributed by atoms with E-state index in [1.54, 1.807) is 7.11 Å². The minimum Gasteiger partial charge on any atom is -0.496 e. The van der Waals surface area contributed by atoms with Gasteiger partial charge in [0.1, 0.15) is 5.75 Å². The molecule has 3 nitrogen and oxygen atoms in total. The van der Waals surface area contributed by atoms with Gasteiger partial charge in [0.05, 0.1) is 13.2 Å². The highest BCUT2D eigenvalue weighted by molar-refractivity contribution is 6.31. The van der Waals surface area contributed by atoms with E-state index in [4.69, 9.17) is 22.1 Å². The van der Waals surface area contributed by atoms with Crippen LogP contribution in [0.3, 0.4) is 0 Å². The summed E-state index contributed by atoms with van der Waals surface area (Å²) in [6.45, 7) is 8.02. The molecule has 0 spiro atoms. The number of benzene rings is 1. The number of halogens is 1. The first-order valence-corrected chi connectivity index (χ1v) is 7.26. The summed E-state index contributed by atoms with van der Waals surface area (Å²) >= 11 is 6.37. The van der Waals surface area contributed by atoms with Crippen molar-refractivity contribution in [2.75, 3.05) is 20.2 Å². The van der Waals surface area contributed by atoms with Gasteiger partial charge in [-0.05, 0) is 32.0 Å². The van der Waals surface area contributed by atoms with Crippen molar-refractivity contribution >= 4 is 11.6 Å². The van der Waals surface area contributed by atoms with E-state index in [-0.39, 0.29) is 6.04 Å². The molecule has 2 atom stereocenters. The number of nitrogens with zero attached hydrogens (tertiary/aromatic N) is 1. The molecule has 0 aliphatic heterocycles. The van der Waals surface area contributed by atoms with Gasteiger partial charge < -0.3 is 10.5 Å². The van der Waals surface area contributed by atoms with Gasteiger partial charge >= 0.3 is 0 Å². The Hall–Kier alpha value is -0.770. The lowest BCUT2D eigenvalue weighted by molar-refractivity contribution is 0.149. The number of hydrogen-bond donors (Lipinski definition) is 1. The molecule has 1 aromatic carbocycles. The molecule has 0 aromatic heterocycles. The topological polar surface area (TPSA) is 38.5 Å². The second-order valence-electron chi connectivity index (χ2n) is 4.69. The third-order valence-corrected chi connectivity index (χ3v) is 4.04. The van der Waals surface area contributed by atoms with E-state index in [0.717, 1.165) is 29.3 Å². The van der Waals surface area contributed by atoms with Gasteiger partial charge in [0.25, 0.3) is 0 Å². The van der Waals surface area contributed by atoms with Crippen molar-refractivity contribution in [2.45, 2.75) is 39.3 Å². The van der Waals surface area contributed by atoms with Crippen LogP contribution in [0.1, 0.15) is 38.8 Å². The second kappa shape index (κ2) is 7.73. The summed E-state index contributed by atoms with van der Waals surface area (Å²) in [6, 6.07) is 6.28. The fraction of sp³-hybridized carbons (Fsp3) is 0.600. The molecule has 0 bridgehead atoms. The minimum atomic E-state index is 0.0867. The van der Waals surface area contributed by atoms with Crippen molar-refractivity contribution in [1.82, 2.24) is 4.90 Å². The van der Waals surface area contributed by atoms with E-state index in [9.17, 15) is 0 Å². The van der Waals surface area contributed by atoms with Crippen molar-refractivity contribution in [3.05, 3.63) is 28.8 Å². The molecule has 1 rings (SSSR count). The maximum Gasteiger partial charge on any atom is 0.125 e. The molecule has 0 aliphatic carbocycles. The molecule has 0 heterocycles. The predicted octanol–water partition coefficient (Wildman–Crippen LogP) is 3.47. The molecular formula is C15H25ClN2O. The summed E-state index contributed by atoms with van der Waals surface area (Å²) in [5.74, 6) is 0.810. The number of rotatable bonds is 7. The van der Waals surface area contributed by atoms with Crippen LogP contribution in [-0.4, -0.2) is 31.1 Å². The van der Waals surface area contributed by atoms with Gasteiger partial charge in [0, 0.05) is 23.2 Å². The van der Waals surface area contributed by atoms with Crippen molar-refractivity contribution in [2.24, 2.45) is 5.73 Å². The van der Waals surface area contributed by atoms with Crippen molar-refractivity contribution in [1.29, 1.82) is 0 Å². The number of methoxy groups -OCH3 is 1. The Balaban J connectivity index is 3.22. The van der Waals surface area contributed by atoms with E-state index < -0.39 is 0 Å². The molecule has 2 unspecified atom stereocenters. The van der Waals surface area contributed by atoms with Gasteiger partial charge in [0.15, 0.2) is 0 Å². The summed E-state index contributed by atoms with van der Waals surface area (Å²) in [5, 5.41) is 0.719. The first kappa shape index (κ1) is 16.3. The van der Waals surface area contributed by atoms with E-state index in [1.807, 2.05) is 18.2 Å². The average molecular weight is 285 g/mol. The largest absolute Gasteiger partial charge is 0.496 e. The lowest BCUT2D eigenvalue weighted by Gasteiger charge is -2.36. The van der Waals surface area contributed by atoms with Gasteiger partial charge in [0.2, 0.25) is 0 Å². The molecule has 0 fully saturated rings. The van der Waals surface area contributed by atoms with Crippen molar-refractivity contribution < 1.29 is 4.74 Å². The maximum atomic E-state index is 6.37. The van der Waals surface area contributed by atoms with Gasteiger partial charge in [-0.1, -0.05) is 31.5 Å². The van der Waals surface area contributed by atoms with Crippen LogP contribution < -0.4 is 10.5 Å². The summed E-state index contributed by atoms with van der Waals surface area (Å²) in [7, 11) is 1.67. The molecule has 108 valence electrons. The van der Waals surface area contributed by atoms with Crippen molar-refractivity contribution in [3.8, 4) is 5.75 Å². The van der Waals surface area contributed by atoms with Gasteiger partial charge in [-0.25, -0.2) is 0 Å². The lowest BCUT2D eigenvalue weighted by atomic mass is 10.0. The van der Waals surface area contributed by atoms with Crippen molar-refractivity contribution in [3.63, 3.8) is 0 Å². The lowest BCUT2D eigenvalue weighted by Crippen LogP contribution is -2.40. The molecular weight excluding hydrogens is 260 g/mol. The highest BCUT2D eigenvalue weighted by Gasteiger charge is 2.26. The Kier molecular flexibility index (Phi) is 6.63. The third-order valence-electron chi connectivity index (χ3n) is 3.71. The number of likely N-dealkylation sites (N-methyl/N-ethyl adjacent to an activating group) is 1. The van der Waals surface area contributed by atoms with Crippen LogP contribution in [0.4, 0.5) is 0 Å². The molecule has 0 saturated carbocycles. The van der Waals surface area contributed by atoms with E-state index >= 15 is 0 Å². The minimum absolute atomic E-state index is 0.0867. The summed E-state index contributed by atoms with van der Waals surface area (Å²) in [4.78, 5) is 2.38. The average Bonchev–Trinajstić information content (AvgIpc) is 2.44. The van der Waals surface area contributed by atoms with Gasteiger partial charge in [-0.15, -0.1) is 0 Å². The van der Waals surface area contributed by atoms with E-state index in [0.29, 0.717) is 12.6 Å². The van der Waals surface area contributed by atoms with Crippen LogP contribution in [0.15, 0.2) is 18.2 Å². The van der Waals surface area contributed by atoms with Crippen LogP contribution in [0.5, 0.6) is 5.75 Å². The number of nitrogens with two attached hydrogens (primary N) is 1. The molecule has 4 heteroatoms. The summed E-state index contributed by atoms with van der Waals surface area (Å²) in [6.07, 6.45) is 1.08. The summed E-state index contributed by atoms with van der Waals surface area (Å²) < 4.78 is 5.45. The third kappa shape index (κ3) is 3.62. The highest BCUT2D eigenvalue weighted by Crippen LogP contribution is 2.35. The number of hydrogen-bond acceptors (Lipinski definition) is 3. The normalized spacial score (nSPS) is 14.5. The van der Waals surface area contributed by atoms with Gasteiger partial charge in [-0.3, -0.25) is 4.90 Å². The SMILES string of the molecule is CCC(C)N(CC)C(CN)c1c(Cl)cccc1OC. The van der Waals surface area contributed by atoms with Crippen LogP contribution in [-0.2, 0) is 0 Å². The van der Waals surface area contributed by atoms with Crippen LogP contribution in [0.2, 0.25) is 5.02 Å². The zero-order valence-electron chi connectivity index (χ0n) is 12.3. The highest BCUT2D eigenvalue weighted by atomic mass is 35.5. The molecule has 19 heavy (non-hydrogen) atoms. The Morgan fingerprint density at radius 3 is 2.53 bits per heavy atom.